The molecule has 0 aliphatic rings. The molecule has 0 aliphatic carbocycles. The molecule has 3 nitrogen and oxygen atoms in total. The van der Waals surface area contributed by atoms with Crippen LogP contribution in [0.25, 0.3) is 0 Å². The molecule has 6 heteroatoms. The summed E-state index contributed by atoms with van der Waals surface area (Å²) in [4.78, 5) is 23.8. The fourth-order valence-corrected chi connectivity index (χ4v) is 1.48. The lowest BCUT2D eigenvalue weighted by atomic mass is 10.1. The lowest BCUT2D eigenvalue weighted by Gasteiger charge is -2.20. The maximum absolute atomic E-state index is 12.4. The van der Waals surface area contributed by atoms with E-state index in [1.165, 1.54) is 25.2 Å². The lowest BCUT2D eigenvalue weighted by molar-refractivity contribution is -0.118. The highest BCUT2D eigenvalue weighted by Crippen LogP contribution is 2.28. The molecule has 0 saturated carbocycles. The highest BCUT2D eigenvalue weighted by Gasteiger charge is 2.40. The zero-order valence-corrected chi connectivity index (χ0v) is 9.91. The normalized spacial score (nSPS) is 11.2. The van der Waals surface area contributed by atoms with E-state index in [9.17, 15) is 22.8 Å². The molecule has 0 aromatic heterocycles. The molecule has 0 atom stereocenters. The molecule has 0 bridgehead atoms. The molecular formula is C12H12F3NO2. The number of rotatable bonds is 3. The average Bonchev–Trinajstić information content (AvgIpc) is 2.35. The molecule has 0 N–H and O–H groups in total. The van der Waals surface area contributed by atoms with Crippen LogP contribution in [0.1, 0.15) is 23.7 Å². The zero-order chi connectivity index (χ0) is 13.9. The van der Waals surface area contributed by atoms with Gasteiger partial charge in [0.25, 0.3) is 5.78 Å². The summed E-state index contributed by atoms with van der Waals surface area (Å²) in [5.41, 5.74) is -0.555. The van der Waals surface area contributed by atoms with Gasteiger partial charge < -0.3 is 4.90 Å². The minimum absolute atomic E-state index is 0.0355. The largest absolute Gasteiger partial charge is 0.454 e. The lowest BCUT2D eigenvalue weighted by Crippen LogP contribution is -2.30. The van der Waals surface area contributed by atoms with Crippen molar-refractivity contribution in [1.82, 2.24) is 0 Å². The first-order chi connectivity index (χ1) is 8.29. The minimum Gasteiger partial charge on any atom is -0.315 e. The van der Waals surface area contributed by atoms with Crippen LogP contribution in [0.15, 0.2) is 24.3 Å². The number of alkyl halides is 3. The van der Waals surface area contributed by atoms with Crippen LogP contribution >= 0.6 is 0 Å². The third-order valence-electron chi connectivity index (χ3n) is 2.44. The first kappa shape index (κ1) is 14.2. The Morgan fingerprint density at radius 3 is 2.28 bits per heavy atom. The first-order valence-corrected chi connectivity index (χ1v) is 5.26. The van der Waals surface area contributed by atoms with Gasteiger partial charge in [-0.05, 0) is 12.1 Å². The maximum atomic E-state index is 12.4. The summed E-state index contributed by atoms with van der Waals surface area (Å²) in [7, 11) is 1.34. The van der Waals surface area contributed by atoms with Crippen molar-refractivity contribution in [3.05, 3.63) is 29.8 Å². The first-order valence-electron chi connectivity index (χ1n) is 5.26. The van der Waals surface area contributed by atoms with Gasteiger partial charge in [-0.3, -0.25) is 9.59 Å². The van der Waals surface area contributed by atoms with Crippen molar-refractivity contribution in [2.45, 2.75) is 19.5 Å². The number of Topliss-reactive ketones (excluding diaryl/α,β-unsaturated/α-hetero) is 1. The Kier molecular flexibility index (Phi) is 4.11. The van der Waals surface area contributed by atoms with Crippen LogP contribution in [-0.4, -0.2) is 24.9 Å². The van der Waals surface area contributed by atoms with Crippen LogP contribution in [-0.2, 0) is 4.79 Å². The van der Waals surface area contributed by atoms with Gasteiger partial charge in [-0.15, -0.1) is 0 Å². The van der Waals surface area contributed by atoms with E-state index in [1.54, 1.807) is 6.92 Å². The maximum Gasteiger partial charge on any atom is 0.454 e. The highest BCUT2D eigenvalue weighted by molar-refractivity contribution is 6.08. The van der Waals surface area contributed by atoms with Gasteiger partial charge in [-0.2, -0.15) is 13.2 Å². The van der Waals surface area contributed by atoms with Crippen LogP contribution in [0.3, 0.4) is 0 Å². The van der Waals surface area contributed by atoms with Gasteiger partial charge in [0.15, 0.2) is 0 Å². The Hall–Kier alpha value is -1.85. The Morgan fingerprint density at radius 2 is 1.78 bits per heavy atom. The van der Waals surface area contributed by atoms with E-state index >= 15 is 0 Å². The predicted molar refractivity (Wildman–Crippen MR) is 60.5 cm³/mol. The molecule has 18 heavy (non-hydrogen) atoms. The highest BCUT2D eigenvalue weighted by atomic mass is 19.4. The molecule has 1 rings (SSSR count). The number of para-hydroxylation sites is 1. The molecule has 0 aliphatic heterocycles. The Bertz CT molecular complexity index is 469. The number of hydrogen-bond donors (Lipinski definition) is 0. The van der Waals surface area contributed by atoms with Crippen molar-refractivity contribution in [3.8, 4) is 0 Å². The monoisotopic (exact) mass is 259 g/mol. The summed E-state index contributed by atoms with van der Waals surface area (Å²) >= 11 is 0. The van der Waals surface area contributed by atoms with E-state index in [0.29, 0.717) is 0 Å². The van der Waals surface area contributed by atoms with Gasteiger partial charge in [-0.25, -0.2) is 0 Å². The SMILES string of the molecule is CCC(=O)N(C)c1ccccc1C(=O)C(F)(F)F. The molecule has 1 aromatic carbocycles. The Labute approximate surface area is 102 Å². The summed E-state index contributed by atoms with van der Waals surface area (Å²) in [6, 6.07) is 5.17. The summed E-state index contributed by atoms with van der Waals surface area (Å²) in [6.07, 6.45) is -4.81. The second kappa shape index (κ2) is 5.20. The summed E-state index contributed by atoms with van der Waals surface area (Å²) in [6.45, 7) is 1.59. The summed E-state index contributed by atoms with van der Waals surface area (Å²) in [5, 5.41) is 0. The van der Waals surface area contributed by atoms with Gasteiger partial charge in [0.2, 0.25) is 5.91 Å². The number of amides is 1. The molecule has 0 unspecified atom stereocenters. The second-order valence-electron chi connectivity index (χ2n) is 3.65. The van der Waals surface area contributed by atoms with Crippen LogP contribution in [0.5, 0.6) is 0 Å². The van der Waals surface area contributed by atoms with E-state index in [-0.39, 0.29) is 18.0 Å². The third-order valence-corrected chi connectivity index (χ3v) is 2.44. The third kappa shape index (κ3) is 2.88. The number of carbonyl (C=O) groups is 2. The number of benzene rings is 1. The van der Waals surface area contributed by atoms with Gasteiger partial charge in [0, 0.05) is 13.5 Å². The van der Waals surface area contributed by atoms with Crippen molar-refractivity contribution in [2.75, 3.05) is 11.9 Å². The molecule has 0 spiro atoms. The number of ketones is 1. The van der Waals surface area contributed by atoms with Gasteiger partial charge in [-0.1, -0.05) is 19.1 Å². The van der Waals surface area contributed by atoms with Gasteiger partial charge in [0.1, 0.15) is 0 Å². The van der Waals surface area contributed by atoms with Crippen LogP contribution in [0.4, 0.5) is 18.9 Å². The van der Waals surface area contributed by atoms with Gasteiger partial charge >= 0.3 is 6.18 Å². The van der Waals surface area contributed by atoms with Crippen molar-refractivity contribution in [1.29, 1.82) is 0 Å². The minimum atomic E-state index is -4.95. The zero-order valence-electron chi connectivity index (χ0n) is 9.91. The number of nitrogens with zero attached hydrogens (tertiary/aromatic N) is 1. The Morgan fingerprint density at radius 1 is 1.22 bits per heavy atom. The van der Waals surface area contributed by atoms with Crippen molar-refractivity contribution in [2.24, 2.45) is 0 Å². The van der Waals surface area contributed by atoms with E-state index in [1.807, 2.05) is 0 Å². The predicted octanol–water partition coefficient (Wildman–Crippen LogP) is 2.80. The quantitative estimate of drug-likeness (QED) is 0.783. The Balaban J connectivity index is 3.23. The van der Waals surface area contributed by atoms with Crippen LogP contribution < -0.4 is 4.90 Å². The van der Waals surface area contributed by atoms with Crippen LogP contribution in [0, 0.1) is 0 Å². The van der Waals surface area contributed by atoms with E-state index in [4.69, 9.17) is 0 Å². The fraction of sp³-hybridized carbons (Fsp3) is 0.333. The van der Waals surface area contributed by atoms with E-state index in [2.05, 4.69) is 0 Å². The molecule has 1 amide bonds. The van der Waals surface area contributed by atoms with Crippen LogP contribution in [0.2, 0.25) is 0 Å². The number of anilines is 1. The molecule has 1 aromatic rings. The summed E-state index contributed by atoms with van der Waals surface area (Å²) < 4.78 is 37.2. The van der Waals surface area contributed by atoms with Crippen molar-refractivity contribution < 1.29 is 22.8 Å². The van der Waals surface area contributed by atoms with Gasteiger partial charge in [0.05, 0.1) is 11.3 Å². The number of halogens is 3. The van der Waals surface area contributed by atoms with E-state index in [0.717, 1.165) is 11.0 Å². The second-order valence-corrected chi connectivity index (χ2v) is 3.65. The molecule has 0 radical (unpaired) electrons. The number of hydrogen-bond acceptors (Lipinski definition) is 2. The van der Waals surface area contributed by atoms with Crippen molar-refractivity contribution in [3.63, 3.8) is 0 Å². The molecule has 0 saturated heterocycles. The topological polar surface area (TPSA) is 37.4 Å². The average molecular weight is 259 g/mol. The van der Waals surface area contributed by atoms with E-state index < -0.39 is 17.5 Å². The molecule has 0 heterocycles. The molecule has 0 fully saturated rings. The molecule has 98 valence electrons. The smallest absolute Gasteiger partial charge is 0.315 e. The number of carbonyl (C=O) groups excluding carboxylic acids is 2. The standard InChI is InChI=1S/C12H12F3NO2/c1-3-10(17)16(2)9-7-5-4-6-8(9)11(18)12(13,14)15/h4-7H,3H2,1-2H3. The van der Waals surface area contributed by atoms with Crippen molar-refractivity contribution >= 4 is 17.4 Å². The fourth-order valence-electron chi connectivity index (χ4n) is 1.48. The molecular weight excluding hydrogens is 247 g/mol. The summed E-state index contributed by atoms with van der Waals surface area (Å²) in [5.74, 6) is -2.31.